The Kier molecular flexibility index (Phi) is 1.30. The molecule has 0 spiro atoms. The first-order valence-corrected chi connectivity index (χ1v) is 4.46. The molecule has 1 aliphatic heterocycles. The molecule has 2 aromatic rings. The highest BCUT2D eigenvalue weighted by Gasteiger charge is 2.30. The van der Waals surface area contributed by atoms with E-state index >= 15 is 0 Å². The molecule has 0 amide bonds. The molecule has 2 heterocycles. The van der Waals surface area contributed by atoms with Crippen LogP contribution in [0.25, 0.3) is 11.0 Å². The Morgan fingerprint density at radius 1 is 1.31 bits per heavy atom. The van der Waals surface area contributed by atoms with Crippen LogP contribution in [0.5, 0.6) is 0 Å². The molecule has 0 unspecified atom stereocenters. The van der Waals surface area contributed by atoms with E-state index in [2.05, 4.69) is 13.0 Å². The van der Waals surface area contributed by atoms with Gasteiger partial charge in [0.15, 0.2) is 0 Å². The van der Waals surface area contributed by atoms with Gasteiger partial charge >= 0.3 is 0 Å². The van der Waals surface area contributed by atoms with E-state index in [1.807, 2.05) is 18.2 Å². The molecule has 1 fully saturated rings. The second-order valence-corrected chi connectivity index (χ2v) is 3.41. The van der Waals surface area contributed by atoms with E-state index in [0.29, 0.717) is 0 Å². The predicted octanol–water partition coefficient (Wildman–Crippen LogP) is 2.81. The molecule has 3 rings (SSSR count). The lowest BCUT2D eigenvalue weighted by Gasteiger charge is -1.88. The van der Waals surface area contributed by atoms with Crippen LogP contribution in [-0.4, -0.2) is 6.61 Å². The number of rotatable bonds is 1. The Hall–Kier alpha value is -1.28. The zero-order valence-corrected chi connectivity index (χ0v) is 7.41. The number of ether oxygens (including phenoxy) is 1. The molecule has 0 saturated carbocycles. The first kappa shape index (κ1) is 7.15. The molecule has 1 aliphatic rings. The van der Waals surface area contributed by atoms with Gasteiger partial charge in [0, 0.05) is 10.9 Å². The quantitative estimate of drug-likeness (QED) is 0.621. The minimum Gasteiger partial charge on any atom is -0.458 e. The van der Waals surface area contributed by atoms with E-state index in [1.54, 1.807) is 0 Å². The minimum absolute atomic E-state index is 0.215. The van der Waals surface area contributed by atoms with Crippen LogP contribution in [0.2, 0.25) is 0 Å². The highest BCUT2D eigenvalue weighted by atomic mass is 16.6. The third kappa shape index (κ3) is 0.988. The first-order valence-electron chi connectivity index (χ1n) is 4.46. The molecular weight excluding hydrogens is 164 g/mol. The van der Waals surface area contributed by atoms with Gasteiger partial charge in [-0.05, 0) is 13.0 Å². The van der Waals surface area contributed by atoms with Crippen molar-refractivity contribution < 1.29 is 9.15 Å². The van der Waals surface area contributed by atoms with Gasteiger partial charge in [0.1, 0.15) is 17.4 Å². The fourth-order valence-corrected chi connectivity index (χ4v) is 1.70. The summed E-state index contributed by atoms with van der Waals surface area (Å²) in [6, 6.07) is 8.10. The maximum Gasteiger partial charge on any atom is 0.139 e. The van der Waals surface area contributed by atoms with E-state index < -0.39 is 0 Å². The Morgan fingerprint density at radius 3 is 2.77 bits per heavy atom. The number of benzene rings is 1. The van der Waals surface area contributed by atoms with Crippen molar-refractivity contribution in [2.45, 2.75) is 13.0 Å². The van der Waals surface area contributed by atoms with Crippen molar-refractivity contribution >= 4 is 11.0 Å². The van der Waals surface area contributed by atoms with E-state index in [4.69, 9.17) is 9.15 Å². The maximum atomic E-state index is 5.70. The van der Waals surface area contributed by atoms with Gasteiger partial charge in [-0.25, -0.2) is 0 Å². The summed E-state index contributed by atoms with van der Waals surface area (Å²) in [5.41, 5.74) is 2.18. The topological polar surface area (TPSA) is 25.7 Å². The van der Waals surface area contributed by atoms with Gasteiger partial charge in [0.05, 0.1) is 6.61 Å². The molecule has 1 aromatic carbocycles. The second-order valence-electron chi connectivity index (χ2n) is 3.41. The molecule has 0 aliphatic carbocycles. The van der Waals surface area contributed by atoms with Crippen molar-refractivity contribution in [2.24, 2.45) is 0 Å². The van der Waals surface area contributed by atoms with Crippen LogP contribution in [0.4, 0.5) is 0 Å². The third-order valence-electron chi connectivity index (χ3n) is 2.51. The van der Waals surface area contributed by atoms with E-state index in [0.717, 1.165) is 18.0 Å². The zero-order valence-electron chi connectivity index (χ0n) is 7.41. The van der Waals surface area contributed by atoms with Gasteiger partial charge in [-0.15, -0.1) is 0 Å². The summed E-state index contributed by atoms with van der Waals surface area (Å²) >= 11 is 0. The molecule has 0 radical (unpaired) electrons. The molecule has 2 nitrogen and oxygen atoms in total. The minimum atomic E-state index is 0.215. The molecule has 2 heteroatoms. The van der Waals surface area contributed by atoms with E-state index in [-0.39, 0.29) is 6.10 Å². The van der Waals surface area contributed by atoms with Gasteiger partial charge in [-0.2, -0.15) is 0 Å². The first-order chi connectivity index (χ1) is 6.36. The number of para-hydroxylation sites is 1. The number of epoxide rings is 1. The van der Waals surface area contributed by atoms with Crippen molar-refractivity contribution in [1.82, 2.24) is 0 Å². The molecule has 13 heavy (non-hydrogen) atoms. The summed E-state index contributed by atoms with van der Waals surface area (Å²) in [6.07, 6.45) is 0.215. The Labute approximate surface area is 76.1 Å². The van der Waals surface area contributed by atoms with Crippen LogP contribution < -0.4 is 0 Å². The summed E-state index contributed by atoms with van der Waals surface area (Å²) < 4.78 is 10.9. The lowest BCUT2D eigenvalue weighted by Crippen LogP contribution is -1.78. The monoisotopic (exact) mass is 174 g/mol. The van der Waals surface area contributed by atoms with Crippen molar-refractivity contribution in [3.05, 3.63) is 35.6 Å². The summed E-state index contributed by atoms with van der Waals surface area (Å²) in [5.74, 6) is 1.00. The number of fused-ring (bicyclic) bond motifs is 1. The summed E-state index contributed by atoms with van der Waals surface area (Å²) in [5, 5.41) is 1.20. The van der Waals surface area contributed by atoms with Gasteiger partial charge in [0.25, 0.3) is 0 Å². The van der Waals surface area contributed by atoms with E-state index in [9.17, 15) is 0 Å². The average molecular weight is 174 g/mol. The summed E-state index contributed by atoms with van der Waals surface area (Å²) in [4.78, 5) is 0. The smallest absolute Gasteiger partial charge is 0.139 e. The van der Waals surface area contributed by atoms with Gasteiger partial charge in [0.2, 0.25) is 0 Å². The van der Waals surface area contributed by atoms with Crippen molar-refractivity contribution in [3.63, 3.8) is 0 Å². The van der Waals surface area contributed by atoms with Crippen molar-refractivity contribution in [1.29, 1.82) is 0 Å². The number of hydrogen-bond donors (Lipinski definition) is 0. The lowest BCUT2D eigenvalue weighted by atomic mass is 10.1. The zero-order chi connectivity index (χ0) is 8.84. The number of furan rings is 1. The Morgan fingerprint density at radius 2 is 2.08 bits per heavy atom. The fraction of sp³-hybridized carbons (Fsp3) is 0.273. The summed E-state index contributed by atoms with van der Waals surface area (Å²) in [6.45, 7) is 2.89. The summed E-state index contributed by atoms with van der Waals surface area (Å²) in [7, 11) is 0. The fourth-order valence-electron chi connectivity index (χ4n) is 1.70. The lowest BCUT2D eigenvalue weighted by molar-refractivity contribution is 0.376. The second kappa shape index (κ2) is 2.36. The predicted molar refractivity (Wildman–Crippen MR) is 49.6 cm³/mol. The maximum absolute atomic E-state index is 5.70. The van der Waals surface area contributed by atoms with Crippen molar-refractivity contribution in [3.8, 4) is 0 Å². The molecule has 66 valence electrons. The van der Waals surface area contributed by atoms with Crippen LogP contribution >= 0.6 is 0 Å². The highest BCUT2D eigenvalue weighted by Crippen LogP contribution is 2.37. The molecular formula is C11H10O2. The highest BCUT2D eigenvalue weighted by molar-refractivity contribution is 5.82. The van der Waals surface area contributed by atoms with E-state index in [1.165, 1.54) is 10.9 Å². The Bertz CT molecular complexity index is 452. The van der Waals surface area contributed by atoms with Crippen molar-refractivity contribution in [2.75, 3.05) is 6.61 Å². The molecule has 0 N–H and O–H groups in total. The molecule has 1 saturated heterocycles. The normalized spacial score (nSPS) is 20.8. The van der Waals surface area contributed by atoms with Gasteiger partial charge in [-0.1, -0.05) is 18.2 Å². The van der Waals surface area contributed by atoms with Crippen LogP contribution in [0, 0.1) is 6.92 Å². The number of hydrogen-bond acceptors (Lipinski definition) is 2. The third-order valence-corrected chi connectivity index (χ3v) is 2.51. The average Bonchev–Trinajstić information content (AvgIpc) is 2.94. The molecule has 0 bridgehead atoms. The van der Waals surface area contributed by atoms with Crippen LogP contribution in [0.1, 0.15) is 17.4 Å². The number of aryl methyl sites for hydroxylation is 1. The van der Waals surface area contributed by atoms with Crippen LogP contribution in [0.15, 0.2) is 28.7 Å². The molecule has 1 aromatic heterocycles. The van der Waals surface area contributed by atoms with Gasteiger partial charge in [-0.3, -0.25) is 0 Å². The Balaban J connectivity index is 2.30. The molecule has 1 atom stereocenters. The van der Waals surface area contributed by atoms with Crippen LogP contribution in [-0.2, 0) is 4.74 Å². The largest absolute Gasteiger partial charge is 0.458 e. The SMILES string of the molecule is Cc1c([C@@H]2CO2)oc2ccccc12. The standard InChI is InChI=1S/C11H10O2/c1-7-8-4-2-3-5-9(8)13-11(7)10-6-12-10/h2-5,10H,6H2,1H3/t10-/m0/s1. The van der Waals surface area contributed by atoms with Crippen LogP contribution in [0.3, 0.4) is 0 Å². The van der Waals surface area contributed by atoms with Gasteiger partial charge < -0.3 is 9.15 Å².